The van der Waals surface area contributed by atoms with E-state index in [1.807, 2.05) is 41.8 Å². The Bertz CT molecular complexity index is 1330. The van der Waals surface area contributed by atoms with Gasteiger partial charge in [0, 0.05) is 48.6 Å². The highest BCUT2D eigenvalue weighted by Gasteiger charge is 2.30. The van der Waals surface area contributed by atoms with Crippen molar-refractivity contribution in [3.05, 3.63) is 48.0 Å². The number of hydrogen-bond donors (Lipinski definition) is 1. The van der Waals surface area contributed by atoms with Crippen molar-refractivity contribution < 1.29 is 19.5 Å². The summed E-state index contributed by atoms with van der Waals surface area (Å²) in [6.45, 7) is 0.698. The quantitative estimate of drug-likeness (QED) is 0.352. The molecule has 2 aromatic heterocycles. The Morgan fingerprint density at radius 3 is 2.56 bits per heavy atom. The SMILES string of the molecule is CN(C(=O)[C@@H](CC(=O)O)CC1CCCC1)c1nc(-c2ccccc2-c2ccc(N3CCCCC3=O)nc2)cs1. The second-order valence-corrected chi connectivity index (χ2v) is 11.4. The number of piperidine rings is 1. The van der Waals surface area contributed by atoms with Gasteiger partial charge >= 0.3 is 5.97 Å². The molecular formula is C30H34N4O4S. The largest absolute Gasteiger partial charge is 0.481 e. The van der Waals surface area contributed by atoms with Gasteiger partial charge in [-0.05, 0) is 42.9 Å². The maximum atomic E-state index is 13.4. The number of aromatic nitrogens is 2. The van der Waals surface area contributed by atoms with Crippen molar-refractivity contribution in [3.8, 4) is 22.4 Å². The van der Waals surface area contributed by atoms with E-state index in [1.54, 1.807) is 18.1 Å². The van der Waals surface area contributed by atoms with Crippen molar-refractivity contribution in [1.29, 1.82) is 0 Å². The highest BCUT2D eigenvalue weighted by atomic mass is 32.1. The predicted octanol–water partition coefficient (Wildman–Crippen LogP) is 6.02. The van der Waals surface area contributed by atoms with Crippen LogP contribution in [-0.2, 0) is 14.4 Å². The molecule has 5 rings (SSSR count). The van der Waals surface area contributed by atoms with Crippen molar-refractivity contribution in [2.45, 2.75) is 57.8 Å². The van der Waals surface area contributed by atoms with Gasteiger partial charge in [0.05, 0.1) is 12.1 Å². The zero-order valence-electron chi connectivity index (χ0n) is 22.2. The summed E-state index contributed by atoms with van der Waals surface area (Å²) < 4.78 is 0. The second-order valence-electron chi connectivity index (χ2n) is 10.5. The van der Waals surface area contributed by atoms with Gasteiger partial charge in [0.15, 0.2) is 5.13 Å². The van der Waals surface area contributed by atoms with E-state index in [9.17, 15) is 19.5 Å². The van der Waals surface area contributed by atoms with Gasteiger partial charge in [0.25, 0.3) is 0 Å². The van der Waals surface area contributed by atoms with Crippen LogP contribution in [0.1, 0.15) is 57.8 Å². The summed E-state index contributed by atoms with van der Waals surface area (Å²) in [5.41, 5.74) is 3.52. The first-order chi connectivity index (χ1) is 18.9. The smallest absolute Gasteiger partial charge is 0.304 e. The molecule has 39 heavy (non-hydrogen) atoms. The molecule has 2 fully saturated rings. The third-order valence-electron chi connectivity index (χ3n) is 7.83. The van der Waals surface area contributed by atoms with E-state index in [-0.39, 0.29) is 18.2 Å². The number of hydrogen-bond acceptors (Lipinski definition) is 6. The maximum absolute atomic E-state index is 13.4. The minimum Gasteiger partial charge on any atom is -0.481 e. The topological polar surface area (TPSA) is 104 Å². The Kier molecular flexibility index (Phi) is 8.35. The molecule has 9 heteroatoms. The van der Waals surface area contributed by atoms with Gasteiger partial charge in [-0.2, -0.15) is 0 Å². The lowest BCUT2D eigenvalue weighted by Crippen LogP contribution is -2.35. The van der Waals surface area contributed by atoms with Crippen LogP contribution in [0.5, 0.6) is 0 Å². The minimum atomic E-state index is -0.946. The molecule has 2 amide bonds. The average Bonchev–Trinajstić information content (AvgIpc) is 3.65. The lowest BCUT2D eigenvalue weighted by molar-refractivity contribution is -0.140. The lowest BCUT2D eigenvalue weighted by atomic mass is 9.90. The normalized spacial score (nSPS) is 16.8. The highest BCUT2D eigenvalue weighted by molar-refractivity contribution is 7.14. The summed E-state index contributed by atoms with van der Waals surface area (Å²) in [5.74, 6) is -0.483. The van der Waals surface area contributed by atoms with Crippen LogP contribution in [0.15, 0.2) is 48.0 Å². The van der Waals surface area contributed by atoms with E-state index in [2.05, 4.69) is 4.98 Å². The molecular weight excluding hydrogens is 512 g/mol. The van der Waals surface area contributed by atoms with E-state index < -0.39 is 11.9 Å². The second kappa shape index (κ2) is 12.1. The third-order valence-corrected chi connectivity index (χ3v) is 8.75. The van der Waals surface area contributed by atoms with Gasteiger partial charge < -0.3 is 5.11 Å². The number of carbonyl (C=O) groups is 3. The molecule has 1 aliphatic carbocycles. The van der Waals surface area contributed by atoms with Gasteiger partial charge in [0.2, 0.25) is 11.8 Å². The molecule has 1 aromatic carbocycles. The van der Waals surface area contributed by atoms with Crippen LogP contribution < -0.4 is 9.80 Å². The van der Waals surface area contributed by atoms with E-state index in [0.717, 1.165) is 60.9 Å². The molecule has 204 valence electrons. The summed E-state index contributed by atoms with van der Waals surface area (Å²) in [6, 6.07) is 11.8. The monoisotopic (exact) mass is 546 g/mol. The number of anilines is 2. The van der Waals surface area contributed by atoms with E-state index in [0.29, 0.717) is 36.3 Å². The number of benzene rings is 1. The van der Waals surface area contributed by atoms with Crippen LogP contribution >= 0.6 is 11.3 Å². The number of pyridine rings is 1. The average molecular weight is 547 g/mol. The van der Waals surface area contributed by atoms with Crippen molar-refractivity contribution in [1.82, 2.24) is 9.97 Å². The van der Waals surface area contributed by atoms with Crippen molar-refractivity contribution >= 4 is 40.1 Å². The molecule has 1 saturated carbocycles. The Balaban J connectivity index is 1.35. The first-order valence-corrected chi connectivity index (χ1v) is 14.6. The van der Waals surface area contributed by atoms with Crippen LogP contribution in [0.3, 0.4) is 0 Å². The molecule has 1 N–H and O–H groups in total. The Morgan fingerprint density at radius 2 is 1.87 bits per heavy atom. The lowest BCUT2D eigenvalue weighted by Gasteiger charge is -2.25. The molecule has 3 aromatic rings. The first kappa shape index (κ1) is 27.0. The molecule has 0 radical (unpaired) electrons. The number of carbonyl (C=O) groups excluding carboxylic acids is 2. The van der Waals surface area contributed by atoms with Crippen LogP contribution in [0.25, 0.3) is 22.4 Å². The number of aliphatic carboxylic acids is 1. The molecule has 0 spiro atoms. The standard InChI is InChI=1S/C30H34N4O4S/c1-33(29(38)22(17-28(36)37)16-20-8-2-3-9-20)30-32-25(19-39-30)24-11-5-4-10-23(24)21-13-14-26(31-18-21)34-15-7-6-12-27(34)35/h4-5,10-11,13-14,18-20,22H,2-3,6-9,12,15-17H2,1H3,(H,36,37)/t22-/m1/s1. The maximum Gasteiger partial charge on any atom is 0.304 e. The summed E-state index contributed by atoms with van der Waals surface area (Å²) in [5, 5.41) is 11.9. The number of rotatable bonds is 9. The van der Waals surface area contributed by atoms with Gasteiger partial charge in [-0.15, -0.1) is 11.3 Å². The number of carboxylic acids is 1. The molecule has 1 atom stereocenters. The highest BCUT2D eigenvalue weighted by Crippen LogP contribution is 2.36. The molecule has 1 aliphatic heterocycles. The van der Waals surface area contributed by atoms with Crippen LogP contribution in [0.4, 0.5) is 10.9 Å². The molecule has 1 saturated heterocycles. The number of carboxylic acid groups (broad SMARTS) is 1. The fourth-order valence-corrected chi connectivity index (χ4v) is 6.55. The zero-order chi connectivity index (χ0) is 27.4. The molecule has 2 aliphatic rings. The Hall–Kier alpha value is -3.59. The number of nitrogens with zero attached hydrogens (tertiary/aromatic N) is 4. The van der Waals surface area contributed by atoms with Crippen molar-refractivity contribution in [2.75, 3.05) is 23.4 Å². The fraction of sp³-hybridized carbons (Fsp3) is 0.433. The predicted molar refractivity (Wildman–Crippen MR) is 153 cm³/mol. The van der Waals surface area contributed by atoms with E-state index in [4.69, 9.17) is 4.98 Å². The third kappa shape index (κ3) is 6.19. The van der Waals surface area contributed by atoms with Crippen LogP contribution in [0.2, 0.25) is 0 Å². The van der Waals surface area contributed by atoms with E-state index in [1.165, 1.54) is 16.2 Å². The summed E-state index contributed by atoms with van der Waals surface area (Å²) in [4.78, 5) is 49.9. The van der Waals surface area contributed by atoms with Crippen molar-refractivity contribution in [3.63, 3.8) is 0 Å². The summed E-state index contributed by atoms with van der Waals surface area (Å²) in [7, 11) is 1.69. The van der Waals surface area contributed by atoms with Gasteiger partial charge in [-0.1, -0.05) is 49.9 Å². The summed E-state index contributed by atoms with van der Waals surface area (Å²) in [6.07, 6.45) is 9.15. The van der Waals surface area contributed by atoms with Gasteiger partial charge in [-0.3, -0.25) is 24.2 Å². The van der Waals surface area contributed by atoms with Crippen molar-refractivity contribution in [2.24, 2.45) is 11.8 Å². The Morgan fingerprint density at radius 1 is 1.10 bits per heavy atom. The molecule has 0 unspecified atom stereocenters. The fourth-order valence-electron chi connectivity index (χ4n) is 5.75. The van der Waals surface area contributed by atoms with E-state index >= 15 is 0 Å². The van der Waals surface area contributed by atoms with Crippen LogP contribution in [0, 0.1) is 11.8 Å². The molecule has 0 bridgehead atoms. The Labute approximate surface area is 232 Å². The molecule has 3 heterocycles. The van der Waals surface area contributed by atoms with Gasteiger partial charge in [0.1, 0.15) is 5.82 Å². The number of thiazole rings is 1. The van der Waals surface area contributed by atoms with Gasteiger partial charge in [-0.25, -0.2) is 9.97 Å². The zero-order valence-corrected chi connectivity index (χ0v) is 23.0. The number of amides is 2. The molecule has 8 nitrogen and oxygen atoms in total. The summed E-state index contributed by atoms with van der Waals surface area (Å²) >= 11 is 1.37. The first-order valence-electron chi connectivity index (χ1n) is 13.7. The minimum absolute atomic E-state index is 0.115. The van der Waals surface area contributed by atoms with Crippen LogP contribution in [-0.4, -0.2) is 46.5 Å².